The number of nitriles is 1. The molecule has 0 bridgehead atoms. The summed E-state index contributed by atoms with van der Waals surface area (Å²) in [6.45, 7) is 3.13. The van der Waals surface area contributed by atoms with Crippen LogP contribution in [0.15, 0.2) is 48.8 Å². The van der Waals surface area contributed by atoms with Crippen LogP contribution in [0.4, 0.5) is 4.39 Å². The standard InChI is InChI=1S/C32H34ClFN4O5/c1-3-32(42,21-7-9-24(40)10-8-21)22-12-25-27(26(34)13-22)31(43-17-18(2)39)38(30(25)41)28(20-5-4-6-23(33)11-20)29-36-15-19(14-35)16-37-29/h4-6,11-13,15-16,18,21,24,28,31,39-40,42H,3,7-10,17H2,1-2H3/t18-,21-,24-,28?,31-,32?/m1/s1. The van der Waals surface area contributed by atoms with Gasteiger partial charge in [-0.2, -0.15) is 5.26 Å². The van der Waals surface area contributed by atoms with Crippen molar-refractivity contribution in [2.45, 2.75) is 76.0 Å². The van der Waals surface area contributed by atoms with Crippen molar-refractivity contribution in [1.82, 2.24) is 14.9 Å². The number of aliphatic hydroxyl groups excluding tert-OH is 2. The van der Waals surface area contributed by atoms with Gasteiger partial charge in [-0.3, -0.25) is 9.69 Å². The third-order valence-corrected chi connectivity index (χ3v) is 8.72. The molecule has 2 aliphatic rings. The molecule has 3 N–H and O–H groups in total. The van der Waals surface area contributed by atoms with E-state index in [2.05, 4.69) is 9.97 Å². The number of carbonyl (C=O) groups is 1. The summed E-state index contributed by atoms with van der Waals surface area (Å²) in [6, 6.07) is 10.5. The summed E-state index contributed by atoms with van der Waals surface area (Å²) < 4.78 is 22.3. The predicted octanol–water partition coefficient (Wildman–Crippen LogP) is 4.93. The van der Waals surface area contributed by atoms with E-state index in [0.717, 1.165) is 0 Å². The molecule has 226 valence electrons. The van der Waals surface area contributed by atoms with E-state index in [1.807, 2.05) is 13.0 Å². The molecule has 2 unspecified atom stereocenters. The molecular formula is C32H34ClFN4O5. The van der Waals surface area contributed by atoms with Crippen LogP contribution in [-0.2, 0) is 10.3 Å². The molecule has 2 aromatic carbocycles. The van der Waals surface area contributed by atoms with Crippen LogP contribution in [-0.4, -0.2) is 54.9 Å². The molecule has 11 heteroatoms. The SMILES string of the molecule is CCC(O)(c1cc(F)c2c(c1)C(=O)N(C(c1cccc(Cl)c1)c1ncc(C#N)cn1)[C@@H]2OC[C@@H](C)O)[C@H]1CC[C@H](O)CC1. The summed E-state index contributed by atoms with van der Waals surface area (Å²) in [5, 5.41) is 41.6. The molecule has 0 saturated heterocycles. The molecule has 3 aromatic rings. The molecular weight excluding hydrogens is 575 g/mol. The lowest BCUT2D eigenvalue weighted by atomic mass is 9.71. The second-order valence-corrected chi connectivity index (χ2v) is 11.8. The highest BCUT2D eigenvalue weighted by molar-refractivity contribution is 6.30. The van der Waals surface area contributed by atoms with Gasteiger partial charge in [0.1, 0.15) is 17.9 Å². The summed E-state index contributed by atoms with van der Waals surface area (Å²) in [5.74, 6) is -1.38. The quantitative estimate of drug-likeness (QED) is 0.311. The molecule has 1 amide bonds. The molecule has 0 spiro atoms. The van der Waals surface area contributed by atoms with E-state index in [0.29, 0.717) is 36.3 Å². The molecule has 2 heterocycles. The minimum Gasteiger partial charge on any atom is -0.393 e. The Labute approximate surface area is 254 Å². The average molecular weight is 609 g/mol. The number of halogens is 2. The van der Waals surface area contributed by atoms with Crippen molar-refractivity contribution in [2.75, 3.05) is 6.61 Å². The summed E-state index contributed by atoms with van der Waals surface area (Å²) in [7, 11) is 0. The van der Waals surface area contributed by atoms with Crippen molar-refractivity contribution in [3.05, 3.63) is 93.3 Å². The molecule has 9 nitrogen and oxygen atoms in total. The zero-order valence-electron chi connectivity index (χ0n) is 24.0. The van der Waals surface area contributed by atoms with Gasteiger partial charge in [-0.05, 0) is 80.3 Å². The first-order chi connectivity index (χ1) is 20.6. The van der Waals surface area contributed by atoms with Crippen LogP contribution in [0.25, 0.3) is 0 Å². The molecule has 4 atom stereocenters. The number of fused-ring (bicyclic) bond motifs is 1. The third kappa shape index (κ3) is 6.01. The lowest BCUT2D eigenvalue weighted by Crippen LogP contribution is -2.38. The molecule has 1 fully saturated rings. The summed E-state index contributed by atoms with van der Waals surface area (Å²) >= 11 is 6.34. The van der Waals surface area contributed by atoms with Gasteiger partial charge >= 0.3 is 0 Å². The highest BCUT2D eigenvalue weighted by Crippen LogP contribution is 2.47. The topological polar surface area (TPSA) is 140 Å². The van der Waals surface area contributed by atoms with Crippen molar-refractivity contribution in [3.8, 4) is 6.07 Å². The Morgan fingerprint density at radius 3 is 2.51 bits per heavy atom. The van der Waals surface area contributed by atoms with Crippen LogP contribution in [0.3, 0.4) is 0 Å². The van der Waals surface area contributed by atoms with Crippen molar-refractivity contribution < 1.29 is 29.2 Å². The molecule has 43 heavy (non-hydrogen) atoms. The Kier molecular flexibility index (Phi) is 9.11. The normalized spacial score (nSPS) is 22.9. The lowest BCUT2D eigenvalue weighted by Gasteiger charge is -2.39. The first-order valence-corrected chi connectivity index (χ1v) is 14.8. The number of hydrogen-bond acceptors (Lipinski definition) is 8. The zero-order valence-corrected chi connectivity index (χ0v) is 24.7. The Hall–Kier alpha value is -3.46. The second-order valence-electron chi connectivity index (χ2n) is 11.3. The van der Waals surface area contributed by atoms with Gasteiger partial charge in [-0.15, -0.1) is 0 Å². The number of benzene rings is 2. The van der Waals surface area contributed by atoms with Crippen molar-refractivity contribution in [3.63, 3.8) is 0 Å². The van der Waals surface area contributed by atoms with Crippen molar-refractivity contribution in [2.24, 2.45) is 5.92 Å². The fourth-order valence-corrected chi connectivity index (χ4v) is 6.46. The zero-order chi connectivity index (χ0) is 30.9. The molecule has 5 rings (SSSR count). The highest BCUT2D eigenvalue weighted by atomic mass is 35.5. The monoisotopic (exact) mass is 608 g/mol. The minimum absolute atomic E-state index is 0.0207. The Bertz CT molecular complexity index is 1520. The number of hydrogen-bond donors (Lipinski definition) is 3. The minimum atomic E-state index is -1.41. The Morgan fingerprint density at radius 2 is 1.91 bits per heavy atom. The van der Waals surface area contributed by atoms with Crippen LogP contribution in [0.5, 0.6) is 0 Å². The van der Waals surface area contributed by atoms with Gasteiger partial charge in [0, 0.05) is 23.0 Å². The lowest BCUT2D eigenvalue weighted by molar-refractivity contribution is -0.0777. The summed E-state index contributed by atoms with van der Waals surface area (Å²) in [4.78, 5) is 24.4. The number of amides is 1. The van der Waals surface area contributed by atoms with Gasteiger partial charge in [0.05, 0.1) is 35.5 Å². The van der Waals surface area contributed by atoms with E-state index in [1.165, 1.54) is 36.4 Å². The van der Waals surface area contributed by atoms with Crippen LogP contribution in [0.1, 0.15) is 96.7 Å². The average Bonchev–Trinajstić information content (AvgIpc) is 3.28. The number of rotatable bonds is 9. The van der Waals surface area contributed by atoms with Crippen LogP contribution in [0.2, 0.25) is 5.02 Å². The van der Waals surface area contributed by atoms with Crippen molar-refractivity contribution >= 4 is 17.5 Å². The van der Waals surface area contributed by atoms with Gasteiger partial charge in [0.25, 0.3) is 5.91 Å². The molecule has 1 saturated carbocycles. The Morgan fingerprint density at radius 1 is 1.21 bits per heavy atom. The fraction of sp³-hybridized carbons (Fsp3) is 0.438. The van der Waals surface area contributed by atoms with Crippen LogP contribution < -0.4 is 0 Å². The predicted molar refractivity (Wildman–Crippen MR) is 155 cm³/mol. The Balaban J connectivity index is 1.65. The van der Waals surface area contributed by atoms with E-state index < -0.39 is 41.8 Å². The molecule has 1 aromatic heterocycles. The fourth-order valence-electron chi connectivity index (χ4n) is 6.26. The number of aromatic nitrogens is 2. The molecule has 1 aliphatic carbocycles. The first-order valence-electron chi connectivity index (χ1n) is 14.4. The molecule has 0 radical (unpaired) electrons. The number of ether oxygens (including phenoxy) is 1. The largest absolute Gasteiger partial charge is 0.393 e. The van der Waals surface area contributed by atoms with E-state index in [4.69, 9.17) is 16.3 Å². The maximum absolute atomic E-state index is 16.2. The third-order valence-electron chi connectivity index (χ3n) is 8.49. The van der Waals surface area contributed by atoms with Gasteiger partial charge in [-0.25, -0.2) is 14.4 Å². The second kappa shape index (κ2) is 12.6. The molecule has 1 aliphatic heterocycles. The van der Waals surface area contributed by atoms with E-state index in [-0.39, 0.29) is 47.0 Å². The highest BCUT2D eigenvalue weighted by Gasteiger charge is 2.48. The van der Waals surface area contributed by atoms with E-state index in [1.54, 1.807) is 24.3 Å². The summed E-state index contributed by atoms with van der Waals surface area (Å²) in [5.41, 5.74) is -0.387. The van der Waals surface area contributed by atoms with Gasteiger partial charge in [-0.1, -0.05) is 30.7 Å². The van der Waals surface area contributed by atoms with E-state index >= 15 is 4.39 Å². The van der Waals surface area contributed by atoms with Gasteiger partial charge in [0.15, 0.2) is 12.1 Å². The van der Waals surface area contributed by atoms with E-state index in [9.17, 15) is 25.4 Å². The van der Waals surface area contributed by atoms with Crippen LogP contribution >= 0.6 is 11.6 Å². The first kappa shape index (κ1) is 31.0. The summed E-state index contributed by atoms with van der Waals surface area (Å²) in [6.07, 6.45) is 2.55. The number of aliphatic hydroxyl groups is 3. The van der Waals surface area contributed by atoms with Gasteiger partial charge in [0.2, 0.25) is 0 Å². The van der Waals surface area contributed by atoms with Crippen molar-refractivity contribution in [1.29, 1.82) is 5.26 Å². The number of carbonyl (C=O) groups excluding carboxylic acids is 1. The maximum atomic E-state index is 16.2. The van der Waals surface area contributed by atoms with Crippen LogP contribution in [0, 0.1) is 23.1 Å². The number of nitrogens with zero attached hydrogens (tertiary/aromatic N) is 4. The smallest absolute Gasteiger partial charge is 0.257 e. The maximum Gasteiger partial charge on any atom is 0.257 e. The van der Waals surface area contributed by atoms with Gasteiger partial charge < -0.3 is 20.1 Å².